The Labute approximate surface area is 199 Å². The molecule has 4 atom stereocenters. The highest BCUT2D eigenvalue weighted by atomic mass is 16.4. The standard InChI is InChI=1S/C21H28N4O10/c1-10(21(34)35)23-19(32)14(6-7-16(27)28)24-20(33)15(9-17(29)30)25-18(31)13(22)8-11-2-4-12(26)5-3-11/h2-5,10,13-15,26H,6-9,22H2,1H3,(H,23,32)(H,24,33)(H,25,31)(H,27,28)(H,29,30)(H,34,35). The van der Waals surface area contributed by atoms with Crippen molar-refractivity contribution in [2.24, 2.45) is 5.73 Å². The molecule has 0 aliphatic carbocycles. The van der Waals surface area contributed by atoms with E-state index < -0.39 is 79.1 Å². The molecule has 0 radical (unpaired) electrons. The van der Waals surface area contributed by atoms with Crippen LogP contribution in [0.15, 0.2) is 24.3 Å². The molecule has 0 bridgehead atoms. The molecule has 192 valence electrons. The van der Waals surface area contributed by atoms with Crippen molar-refractivity contribution in [1.82, 2.24) is 16.0 Å². The third-order valence-electron chi connectivity index (χ3n) is 4.75. The number of amides is 3. The molecule has 0 spiro atoms. The first-order valence-electron chi connectivity index (χ1n) is 10.4. The number of carbonyl (C=O) groups is 6. The van der Waals surface area contributed by atoms with Gasteiger partial charge in [0, 0.05) is 6.42 Å². The fraction of sp³-hybridized carbons (Fsp3) is 0.429. The minimum Gasteiger partial charge on any atom is -0.508 e. The van der Waals surface area contributed by atoms with Crippen LogP contribution in [0, 0.1) is 0 Å². The van der Waals surface area contributed by atoms with Gasteiger partial charge < -0.3 is 42.1 Å². The fourth-order valence-corrected chi connectivity index (χ4v) is 2.83. The zero-order valence-corrected chi connectivity index (χ0v) is 18.8. The summed E-state index contributed by atoms with van der Waals surface area (Å²) in [6, 6.07) is 0.0939. The average Bonchev–Trinajstić information content (AvgIpc) is 2.76. The van der Waals surface area contributed by atoms with Crippen LogP contribution in [0.4, 0.5) is 0 Å². The van der Waals surface area contributed by atoms with Crippen molar-refractivity contribution in [3.05, 3.63) is 29.8 Å². The van der Waals surface area contributed by atoms with Gasteiger partial charge in [-0.25, -0.2) is 0 Å². The van der Waals surface area contributed by atoms with Crippen molar-refractivity contribution >= 4 is 35.6 Å². The lowest BCUT2D eigenvalue weighted by Crippen LogP contribution is -2.57. The molecule has 0 saturated carbocycles. The van der Waals surface area contributed by atoms with Gasteiger partial charge in [-0.2, -0.15) is 0 Å². The zero-order chi connectivity index (χ0) is 26.7. The number of aromatic hydroxyl groups is 1. The van der Waals surface area contributed by atoms with Gasteiger partial charge in [0.25, 0.3) is 0 Å². The summed E-state index contributed by atoms with van der Waals surface area (Å²) in [4.78, 5) is 70.7. The highest BCUT2D eigenvalue weighted by molar-refractivity contribution is 5.95. The van der Waals surface area contributed by atoms with E-state index in [4.69, 9.17) is 21.1 Å². The second-order valence-electron chi connectivity index (χ2n) is 7.70. The molecule has 0 aliphatic rings. The van der Waals surface area contributed by atoms with E-state index >= 15 is 0 Å². The Balaban J connectivity index is 2.94. The van der Waals surface area contributed by atoms with Gasteiger partial charge in [-0.05, 0) is 37.5 Å². The molecule has 1 aromatic rings. The summed E-state index contributed by atoms with van der Waals surface area (Å²) >= 11 is 0. The molecule has 3 amide bonds. The first-order valence-corrected chi connectivity index (χ1v) is 10.4. The molecule has 1 rings (SSSR count). The van der Waals surface area contributed by atoms with E-state index in [1.165, 1.54) is 24.3 Å². The molecular formula is C21H28N4O10. The smallest absolute Gasteiger partial charge is 0.325 e. The van der Waals surface area contributed by atoms with E-state index in [9.17, 15) is 33.9 Å². The maximum Gasteiger partial charge on any atom is 0.325 e. The molecule has 0 saturated heterocycles. The Morgan fingerprint density at radius 3 is 1.89 bits per heavy atom. The van der Waals surface area contributed by atoms with Crippen LogP contribution in [-0.4, -0.2) is 80.2 Å². The highest BCUT2D eigenvalue weighted by Gasteiger charge is 2.31. The van der Waals surface area contributed by atoms with E-state index in [0.717, 1.165) is 6.92 Å². The fourth-order valence-electron chi connectivity index (χ4n) is 2.83. The van der Waals surface area contributed by atoms with Crippen molar-refractivity contribution in [1.29, 1.82) is 0 Å². The molecule has 0 aromatic heterocycles. The van der Waals surface area contributed by atoms with Gasteiger partial charge in [0.05, 0.1) is 12.5 Å². The van der Waals surface area contributed by atoms with Crippen LogP contribution >= 0.6 is 0 Å². The molecule has 14 nitrogen and oxygen atoms in total. The Morgan fingerprint density at radius 2 is 1.37 bits per heavy atom. The summed E-state index contributed by atoms with van der Waals surface area (Å²) in [5, 5.41) is 42.7. The lowest BCUT2D eigenvalue weighted by Gasteiger charge is -2.24. The average molecular weight is 496 g/mol. The number of benzene rings is 1. The van der Waals surface area contributed by atoms with Crippen LogP contribution in [0.2, 0.25) is 0 Å². The molecule has 0 fully saturated rings. The molecule has 0 heterocycles. The van der Waals surface area contributed by atoms with Crippen molar-refractivity contribution in [3.63, 3.8) is 0 Å². The van der Waals surface area contributed by atoms with E-state index in [0.29, 0.717) is 5.56 Å². The van der Waals surface area contributed by atoms with Crippen LogP contribution < -0.4 is 21.7 Å². The maximum atomic E-state index is 12.7. The summed E-state index contributed by atoms with van der Waals surface area (Å²) in [5.74, 6) is -7.09. The summed E-state index contributed by atoms with van der Waals surface area (Å²) in [6.07, 6.45) is -1.85. The van der Waals surface area contributed by atoms with Crippen molar-refractivity contribution < 1.29 is 49.2 Å². The van der Waals surface area contributed by atoms with Crippen LogP contribution in [-0.2, 0) is 35.2 Å². The number of phenolic OH excluding ortho intramolecular Hbond substituents is 1. The van der Waals surface area contributed by atoms with Gasteiger partial charge >= 0.3 is 17.9 Å². The largest absolute Gasteiger partial charge is 0.508 e. The van der Waals surface area contributed by atoms with Gasteiger partial charge in [0.1, 0.15) is 23.9 Å². The number of carboxylic acid groups (broad SMARTS) is 3. The molecular weight excluding hydrogens is 468 g/mol. The lowest BCUT2D eigenvalue weighted by molar-refractivity contribution is -0.143. The minimum absolute atomic E-state index is 0.00389. The third kappa shape index (κ3) is 10.5. The SMILES string of the molecule is CC(NC(=O)C(CCC(=O)O)NC(=O)C(CC(=O)O)NC(=O)C(N)Cc1ccc(O)cc1)C(=O)O. The predicted molar refractivity (Wildman–Crippen MR) is 118 cm³/mol. The number of phenols is 1. The van der Waals surface area contributed by atoms with Crippen LogP contribution in [0.25, 0.3) is 0 Å². The molecule has 35 heavy (non-hydrogen) atoms. The van der Waals surface area contributed by atoms with Crippen molar-refractivity contribution in [2.75, 3.05) is 0 Å². The van der Waals surface area contributed by atoms with Crippen LogP contribution in [0.3, 0.4) is 0 Å². The quantitative estimate of drug-likeness (QED) is 0.142. The van der Waals surface area contributed by atoms with E-state index in [-0.39, 0.29) is 12.2 Å². The third-order valence-corrected chi connectivity index (χ3v) is 4.75. The number of hydrogen-bond donors (Lipinski definition) is 8. The molecule has 9 N–H and O–H groups in total. The molecule has 4 unspecified atom stereocenters. The summed E-state index contributed by atoms with van der Waals surface area (Å²) in [5.41, 5.74) is 6.43. The van der Waals surface area contributed by atoms with Gasteiger partial charge in [0.2, 0.25) is 17.7 Å². The number of nitrogens with two attached hydrogens (primary N) is 1. The Hall–Kier alpha value is -4.20. The van der Waals surface area contributed by atoms with Crippen LogP contribution in [0.5, 0.6) is 5.75 Å². The second kappa shape index (κ2) is 13.5. The van der Waals surface area contributed by atoms with Crippen molar-refractivity contribution in [3.8, 4) is 5.75 Å². The van der Waals surface area contributed by atoms with Gasteiger partial charge in [0.15, 0.2) is 0 Å². The first kappa shape index (κ1) is 28.8. The number of carbonyl (C=O) groups excluding carboxylic acids is 3. The maximum absolute atomic E-state index is 12.7. The first-order chi connectivity index (χ1) is 16.3. The Bertz CT molecular complexity index is 950. The van der Waals surface area contributed by atoms with E-state index in [2.05, 4.69) is 16.0 Å². The van der Waals surface area contributed by atoms with Gasteiger partial charge in [-0.3, -0.25) is 28.8 Å². The van der Waals surface area contributed by atoms with Gasteiger partial charge in [-0.15, -0.1) is 0 Å². The van der Waals surface area contributed by atoms with Crippen LogP contribution in [0.1, 0.15) is 31.7 Å². The zero-order valence-electron chi connectivity index (χ0n) is 18.8. The normalized spacial score (nSPS) is 14.0. The number of nitrogens with one attached hydrogen (secondary N) is 3. The minimum atomic E-state index is -1.66. The van der Waals surface area contributed by atoms with Crippen molar-refractivity contribution in [2.45, 2.75) is 56.8 Å². The van der Waals surface area contributed by atoms with E-state index in [1.54, 1.807) is 0 Å². The molecule has 14 heteroatoms. The monoisotopic (exact) mass is 496 g/mol. The van der Waals surface area contributed by atoms with E-state index in [1.807, 2.05) is 0 Å². The number of aliphatic carboxylic acids is 3. The summed E-state index contributed by atoms with van der Waals surface area (Å²) in [7, 11) is 0. The molecule has 1 aromatic carbocycles. The summed E-state index contributed by atoms with van der Waals surface area (Å²) in [6.45, 7) is 1.15. The summed E-state index contributed by atoms with van der Waals surface area (Å²) < 4.78 is 0. The Morgan fingerprint density at radius 1 is 0.829 bits per heavy atom. The number of rotatable bonds is 14. The van der Waals surface area contributed by atoms with Gasteiger partial charge in [-0.1, -0.05) is 12.1 Å². The number of hydrogen-bond acceptors (Lipinski definition) is 8. The Kier molecular flexibility index (Phi) is 11.1. The molecule has 0 aliphatic heterocycles. The predicted octanol–water partition coefficient (Wildman–Crippen LogP) is -1.84. The topological polar surface area (TPSA) is 245 Å². The lowest BCUT2D eigenvalue weighted by atomic mass is 10.0. The number of carboxylic acids is 3. The second-order valence-corrected chi connectivity index (χ2v) is 7.70. The highest BCUT2D eigenvalue weighted by Crippen LogP contribution is 2.11.